The minimum atomic E-state index is -0.585. The van der Waals surface area contributed by atoms with Crippen LogP contribution in [0.3, 0.4) is 0 Å². The molecule has 0 aromatic heterocycles. The van der Waals surface area contributed by atoms with Crippen molar-refractivity contribution >= 4 is 58.4 Å². The van der Waals surface area contributed by atoms with Crippen LogP contribution in [-0.2, 0) is 21.9 Å². The van der Waals surface area contributed by atoms with E-state index in [9.17, 15) is 9.59 Å². The second kappa shape index (κ2) is 12.9. The molecule has 4 nitrogen and oxygen atoms in total. The lowest BCUT2D eigenvalue weighted by Crippen LogP contribution is -2.50. The fourth-order valence-electron chi connectivity index (χ4n) is 3.95. The third kappa shape index (κ3) is 8.10. The Morgan fingerprint density at radius 1 is 1.06 bits per heavy atom. The van der Waals surface area contributed by atoms with Gasteiger partial charge in [-0.15, -0.1) is 11.8 Å². The number of nitrogens with one attached hydrogen (secondary N) is 1. The highest BCUT2D eigenvalue weighted by atomic mass is 35.5. The van der Waals surface area contributed by atoms with Gasteiger partial charge < -0.3 is 10.2 Å². The van der Waals surface area contributed by atoms with Crippen molar-refractivity contribution in [2.45, 2.75) is 63.4 Å². The van der Waals surface area contributed by atoms with Crippen LogP contribution < -0.4 is 5.32 Å². The predicted molar refractivity (Wildman–Crippen MR) is 139 cm³/mol. The van der Waals surface area contributed by atoms with Gasteiger partial charge in [0.25, 0.3) is 0 Å². The van der Waals surface area contributed by atoms with Gasteiger partial charge in [0.1, 0.15) is 6.04 Å². The summed E-state index contributed by atoms with van der Waals surface area (Å²) in [6.07, 6.45) is 5.48. The standard InChI is InChI=1S/C25H29Cl3N2O2S/c1-17(25(32)29-22-8-3-2-4-9-22)30(14-18-6-5-7-20(26)12-18)24(31)16-33-15-19-10-11-21(27)13-23(19)28/h5-7,10-13,17,22H,2-4,8-9,14-16H2,1H3,(H,29,32). The van der Waals surface area contributed by atoms with E-state index in [2.05, 4.69) is 5.32 Å². The second-order valence-electron chi connectivity index (χ2n) is 8.40. The van der Waals surface area contributed by atoms with E-state index in [4.69, 9.17) is 34.8 Å². The first kappa shape index (κ1) is 26.2. The average Bonchev–Trinajstić information content (AvgIpc) is 2.79. The molecule has 1 aliphatic carbocycles. The zero-order valence-electron chi connectivity index (χ0n) is 18.7. The zero-order chi connectivity index (χ0) is 23.8. The lowest BCUT2D eigenvalue weighted by atomic mass is 9.95. The van der Waals surface area contributed by atoms with Gasteiger partial charge in [0.05, 0.1) is 5.75 Å². The van der Waals surface area contributed by atoms with Gasteiger partial charge in [0.15, 0.2) is 0 Å². The number of hydrogen-bond donors (Lipinski definition) is 1. The summed E-state index contributed by atoms with van der Waals surface area (Å²) in [7, 11) is 0. The highest BCUT2D eigenvalue weighted by molar-refractivity contribution is 7.99. The quantitative estimate of drug-likeness (QED) is 0.392. The van der Waals surface area contributed by atoms with Crippen LogP contribution in [0.2, 0.25) is 15.1 Å². The molecule has 2 aromatic carbocycles. The molecule has 1 unspecified atom stereocenters. The Kier molecular flexibility index (Phi) is 10.2. The van der Waals surface area contributed by atoms with Gasteiger partial charge in [-0.25, -0.2) is 0 Å². The van der Waals surface area contributed by atoms with Crippen molar-refractivity contribution in [3.63, 3.8) is 0 Å². The minimum Gasteiger partial charge on any atom is -0.352 e. The van der Waals surface area contributed by atoms with Crippen LogP contribution in [-0.4, -0.2) is 34.6 Å². The van der Waals surface area contributed by atoms with Gasteiger partial charge in [-0.1, -0.05) is 72.3 Å². The van der Waals surface area contributed by atoms with Crippen LogP contribution in [0, 0.1) is 0 Å². The molecule has 1 N–H and O–H groups in total. The van der Waals surface area contributed by atoms with E-state index in [0.29, 0.717) is 27.4 Å². The molecular weight excluding hydrogens is 499 g/mol. The van der Waals surface area contributed by atoms with Crippen molar-refractivity contribution in [2.75, 3.05) is 5.75 Å². The van der Waals surface area contributed by atoms with Crippen molar-refractivity contribution in [3.8, 4) is 0 Å². The number of benzene rings is 2. The lowest BCUT2D eigenvalue weighted by molar-refractivity contribution is -0.139. The number of hydrogen-bond acceptors (Lipinski definition) is 3. The molecule has 0 heterocycles. The number of carbonyl (C=O) groups is 2. The van der Waals surface area contributed by atoms with Gasteiger partial charge in [0, 0.05) is 33.4 Å². The SMILES string of the molecule is CC(C(=O)NC1CCCCC1)N(Cc1cccc(Cl)c1)C(=O)CSCc1ccc(Cl)cc1Cl. The first-order valence-corrected chi connectivity index (χ1v) is 13.5. The van der Waals surface area contributed by atoms with E-state index in [1.54, 1.807) is 30.0 Å². The first-order chi connectivity index (χ1) is 15.8. The smallest absolute Gasteiger partial charge is 0.242 e. The third-order valence-corrected chi connectivity index (χ3v) is 7.65. The van der Waals surface area contributed by atoms with Crippen molar-refractivity contribution in [1.82, 2.24) is 10.2 Å². The topological polar surface area (TPSA) is 49.4 Å². The molecule has 2 aromatic rings. The molecule has 1 aliphatic rings. The molecule has 33 heavy (non-hydrogen) atoms. The van der Waals surface area contributed by atoms with Gasteiger partial charge in [-0.2, -0.15) is 0 Å². The van der Waals surface area contributed by atoms with E-state index in [-0.39, 0.29) is 23.6 Å². The predicted octanol–water partition coefficient (Wildman–Crippen LogP) is 6.75. The molecule has 0 radical (unpaired) electrons. The molecule has 0 bridgehead atoms. The van der Waals surface area contributed by atoms with Crippen LogP contribution in [0.1, 0.15) is 50.2 Å². The summed E-state index contributed by atoms with van der Waals surface area (Å²) in [5.74, 6) is 0.607. The molecule has 0 saturated heterocycles. The number of amides is 2. The van der Waals surface area contributed by atoms with Crippen molar-refractivity contribution in [1.29, 1.82) is 0 Å². The number of rotatable bonds is 9. The average molecular weight is 528 g/mol. The fourth-order valence-corrected chi connectivity index (χ4v) is 5.63. The lowest BCUT2D eigenvalue weighted by Gasteiger charge is -2.31. The molecule has 0 spiro atoms. The maximum Gasteiger partial charge on any atom is 0.242 e. The van der Waals surface area contributed by atoms with E-state index >= 15 is 0 Å². The minimum absolute atomic E-state index is 0.101. The Morgan fingerprint density at radius 2 is 1.79 bits per heavy atom. The monoisotopic (exact) mass is 526 g/mol. The van der Waals surface area contributed by atoms with E-state index in [0.717, 1.165) is 36.8 Å². The first-order valence-electron chi connectivity index (χ1n) is 11.2. The highest BCUT2D eigenvalue weighted by Gasteiger charge is 2.28. The molecule has 2 amide bonds. The van der Waals surface area contributed by atoms with Crippen LogP contribution in [0.15, 0.2) is 42.5 Å². The highest BCUT2D eigenvalue weighted by Crippen LogP contribution is 2.25. The van der Waals surface area contributed by atoms with Crippen molar-refractivity contribution in [3.05, 3.63) is 68.7 Å². The van der Waals surface area contributed by atoms with Crippen LogP contribution in [0.25, 0.3) is 0 Å². The number of carbonyl (C=O) groups excluding carboxylic acids is 2. The maximum absolute atomic E-state index is 13.2. The Balaban J connectivity index is 1.66. The summed E-state index contributed by atoms with van der Waals surface area (Å²) in [6.45, 7) is 2.11. The van der Waals surface area contributed by atoms with Gasteiger partial charge in [-0.05, 0) is 55.2 Å². The Labute approximate surface area is 215 Å². The van der Waals surface area contributed by atoms with Crippen molar-refractivity contribution < 1.29 is 9.59 Å². The molecule has 1 atom stereocenters. The Morgan fingerprint density at radius 3 is 2.48 bits per heavy atom. The number of thioether (sulfide) groups is 1. The van der Waals surface area contributed by atoms with Crippen LogP contribution in [0.4, 0.5) is 0 Å². The number of halogens is 3. The Hall–Kier alpha value is -1.40. The van der Waals surface area contributed by atoms with E-state index < -0.39 is 6.04 Å². The molecule has 3 rings (SSSR count). The van der Waals surface area contributed by atoms with Crippen LogP contribution >= 0.6 is 46.6 Å². The molecule has 0 aliphatic heterocycles. The Bertz CT molecular complexity index is 966. The molecule has 178 valence electrons. The molecule has 1 saturated carbocycles. The maximum atomic E-state index is 13.2. The summed E-state index contributed by atoms with van der Waals surface area (Å²) in [6, 6.07) is 12.3. The van der Waals surface area contributed by atoms with E-state index in [1.165, 1.54) is 18.2 Å². The van der Waals surface area contributed by atoms with E-state index in [1.807, 2.05) is 24.3 Å². The normalized spacial score (nSPS) is 15.2. The number of nitrogens with zero attached hydrogens (tertiary/aromatic N) is 1. The van der Waals surface area contributed by atoms with Crippen molar-refractivity contribution in [2.24, 2.45) is 0 Å². The third-order valence-electron chi connectivity index (χ3n) is 5.86. The summed E-state index contributed by atoms with van der Waals surface area (Å²) >= 11 is 19.8. The summed E-state index contributed by atoms with van der Waals surface area (Å²) < 4.78 is 0. The summed E-state index contributed by atoms with van der Waals surface area (Å²) in [4.78, 5) is 27.9. The second-order valence-corrected chi connectivity index (χ2v) is 10.7. The van der Waals surface area contributed by atoms with Gasteiger partial charge >= 0.3 is 0 Å². The largest absolute Gasteiger partial charge is 0.352 e. The van der Waals surface area contributed by atoms with Crippen LogP contribution in [0.5, 0.6) is 0 Å². The zero-order valence-corrected chi connectivity index (χ0v) is 21.7. The van der Waals surface area contributed by atoms with Gasteiger partial charge in [-0.3, -0.25) is 9.59 Å². The molecule has 1 fully saturated rings. The van der Waals surface area contributed by atoms with Gasteiger partial charge in [0.2, 0.25) is 11.8 Å². The molecular formula is C25H29Cl3N2O2S. The fraction of sp³-hybridized carbons (Fsp3) is 0.440. The summed E-state index contributed by atoms with van der Waals surface area (Å²) in [5, 5.41) is 4.91. The summed E-state index contributed by atoms with van der Waals surface area (Å²) in [5.41, 5.74) is 1.81. The molecule has 8 heteroatoms.